The Kier molecular flexibility index (Phi) is 7.93. The summed E-state index contributed by atoms with van der Waals surface area (Å²) in [6.45, 7) is 3.33. The molecular weight excluding hydrogens is 486 g/mol. The topological polar surface area (TPSA) is 62.2 Å². The molecule has 194 valence electrons. The maximum absolute atomic E-state index is 13.5. The Morgan fingerprint density at radius 1 is 0.821 bits per heavy atom. The van der Waals surface area contributed by atoms with Gasteiger partial charge in [0.2, 0.25) is 0 Å². The Labute approximate surface area is 228 Å². The number of benzene rings is 4. The summed E-state index contributed by atoms with van der Waals surface area (Å²) in [5.41, 5.74) is 4.99. The highest BCUT2D eigenvalue weighted by Crippen LogP contribution is 2.28. The fourth-order valence-electron chi connectivity index (χ4n) is 4.49. The van der Waals surface area contributed by atoms with Gasteiger partial charge in [-0.3, -0.25) is 14.5 Å². The van der Waals surface area contributed by atoms with E-state index in [0.29, 0.717) is 24.2 Å². The monoisotopic (exact) mass is 515 g/mol. The summed E-state index contributed by atoms with van der Waals surface area (Å²) in [6.07, 6.45) is 3.12. The molecule has 0 aliphatic carbocycles. The van der Waals surface area contributed by atoms with Crippen LogP contribution in [0.3, 0.4) is 0 Å². The summed E-state index contributed by atoms with van der Waals surface area (Å²) in [5, 5.41) is 0. The van der Waals surface area contributed by atoms with E-state index in [4.69, 9.17) is 4.74 Å². The van der Waals surface area contributed by atoms with Gasteiger partial charge in [0.1, 0.15) is 0 Å². The number of aliphatic imine (C=N–C) groups is 1. The van der Waals surface area contributed by atoms with Gasteiger partial charge in [0.25, 0.3) is 5.91 Å². The number of rotatable bonds is 9. The third kappa shape index (κ3) is 5.96. The first-order valence-corrected chi connectivity index (χ1v) is 13.0. The molecule has 0 saturated carbocycles. The van der Waals surface area contributed by atoms with Crippen molar-refractivity contribution in [2.24, 2.45) is 4.99 Å². The average molecular weight is 516 g/mol. The Morgan fingerprint density at radius 3 is 2.15 bits per heavy atom. The lowest BCUT2D eigenvalue weighted by molar-refractivity contribution is -0.122. The molecule has 6 nitrogen and oxygen atoms in total. The zero-order valence-corrected chi connectivity index (χ0v) is 21.7. The summed E-state index contributed by atoms with van der Waals surface area (Å²) >= 11 is 0. The molecule has 39 heavy (non-hydrogen) atoms. The Balaban J connectivity index is 1.42. The van der Waals surface area contributed by atoms with Gasteiger partial charge < -0.3 is 9.64 Å². The number of amidine groups is 1. The number of hydrogen-bond acceptors (Lipinski definition) is 5. The molecule has 1 heterocycles. The van der Waals surface area contributed by atoms with Gasteiger partial charge >= 0.3 is 6.02 Å². The van der Waals surface area contributed by atoms with Crippen LogP contribution in [-0.4, -0.2) is 36.2 Å². The summed E-state index contributed by atoms with van der Waals surface area (Å²) < 4.78 is 6.01. The van der Waals surface area contributed by atoms with Crippen molar-refractivity contribution >= 4 is 41.4 Å². The molecule has 1 aliphatic heterocycles. The highest BCUT2D eigenvalue weighted by Gasteiger charge is 2.34. The number of aldehydes is 1. The van der Waals surface area contributed by atoms with Crippen LogP contribution in [0.25, 0.3) is 6.08 Å². The van der Waals surface area contributed by atoms with E-state index in [1.54, 1.807) is 30.3 Å². The van der Waals surface area contributed by atoms with Crippen LogP contribution in [-0.2, 0) is 16.0 Å². The molecule has 0 N–H and O–H groups in total. The zero-order valence-electron chi connectivity index (χ0n) is 21.7. The molecule has 1 amide bonds. The normalized spacial score (nSPS) is 15.0. The summed E-state index contributed by atoms with van der Waals surface area (Å²) in [7, 11) is 0. The molecule has 0 bridgehead atoms. The molecular formula is C33H29N3O3. The summed E-state index contributed by atoms with van der Waals surface area (Å²) in [5.74, 6) is -0.0784. The van der Waals surface area contributed by atoms with Gasteiger partial charge in [0.05, 0.1) is 5.69 Å². The van der Waals surface area contributed by atoms with Crippen LogP contribution in [0.1, 0.15) is 28.4 Å². The van der Waals surface area contributed by atoms with Gasteiger partial charge in [-0.15, -0.1) is 0 Å². The van der Waals surface area contributed by atoms with Crippen molar-refractivity contribution in [3.05, 3.63) is 132 Å². The standard InChI is InChI=1S/C33H29N3O3/c1-2-35(28-14-7-4-8-15-28)29-19-17-26(18-20-29)23-31-32(38)36(22-21-25-11-5-3-6-12-25)33(39-31)34-30-16-10-9-13-27(30)24-37/h3-20,23-24H,2,21-22H2,1H3/b31-23+,34-33-. The van der Waals surface area contributed by atoms with Crippen LogP contribution in [0, 0.1) is 0 Å². The first kappa shape index (κ1) is 25.7. The van der Waals surface area contributed by atoms with E-state index in [-0.39, 0.29) is 17.7 Å². The van der Waals surface area contributed by atoms with E-state index in [2.05, 4.69) is 28.9 Å². The first-order chi connectivity index (χ1) is 19.2. The largest absolute Gasteiger partial charge is 0.419 e. The van der Waals surface area contributed by atoms with Crippen molar-refractivity contribution in [3.8, 4) is 0 Å². The van der Waals surface area contributed by atoms with E-state index >= 15 is 0 Å². The van der Waals surface area contributed by atoms with Crippen LogP contribution in [0.5, 0.6) is 0 Å². The number of amides is 1. The molecule has 0 unspecified atom stereocenters. The molecule has 1 fully saturated rings. The van der Waals surface area contributed by atoms with Gasteiger partial charge in [-0.1, -0.05) is 72.8 Å². The first-order valence-electron chi connectivity index (χ1n) is 13.0. The third-order valence-corrected chi connectivity index (χ3v) is 6.52. The minimum absolute atomic E-state index is 0.161. The van der Waals surface area contributed by atoms with E-state index in [1.807, 2.05) is 72.8 Å². The number of anilines is 2. The summed E-state index contributed by atoms with van der Waals surface area (Å²) in [4.78, 5) is 33.3. The predicted molar refractivity (Wildman–Crippen MR) is 155 cm³/mol. The third-order valence-electron chi connectivity index (χ3n) is 6.52. The van der Waals surface area contributed by atoms with Crippen molar-refractivity contribution in [2.75, 3.05) is 18.0 Å². The molecule has 5 rings (SSSR count). The number of para-hydroxylation sites is 2. The minimum atomic E-state index is -0.267. The fourth-order valence-corrected chi connectivity index (χ4v) is 4.49. The van der Waals surface area contributed by atoms with Crippen LogP contribution in [0.4, 0.5) is 17.1 Å². The maximum atomic E-state index is 13.5. The SMILES string of the molecule is CCN(c1ccccc1)c1ccc(/C=C2/O/C(=N\c3ccccc3C=O)N(CCc3ccccc3)C2=O)cc1. The molecule has 0 atom stereocenters. The molecule has 0 spiro atoms. The number of hydrogen-bond donors (Lipinski definition) is 0. The Hall–Kier alpha value is -4.97. The molecule has 6 heteroatoms. The van der Waals surface area contributed by atoms with Gasteiger partial charge in [-0.05, 0) is 66.9 Å². The predicted octanol–water partition coefficient (Wildman–Crippen LogP) is 6.79. The van der Waals surface area contributed by atoms with E-state index in [0.717, 1.165) is 35.3 Å². The lowest BCUT2D eigenvalue weighted by Gasteiger charge is -2.23. The number of carbonyl (C=O) groups excluding carboxylic acids is 2. The fraction of sp³-hybridized carbons (Fsp3) is 0.121. The molecule has 4 aromatic carbocycles. The lowest BCUT2D eigenvalue weighted by atomic mass is 10.1. The quantitative estimate of drug-likeness (QED) is 0.182. The van der Waals surface area contributed by atoms with Crippen LogP contribution in [0.2, 0.25) is 0 Å². The molecule has 1 saturated heterocycles. The van der Waals surface area contributed by atoms with Gasteiger partial charge in [-0.25, -0.2) is 0 Å². The van der Waals surface area contributed by atoms with Crippen molar-refractivity contribution in [3.63, 3.8) is 0 Å². The van der Waals surface area contributed by atoms with Gasteiger partial charge in [0, 0.05) is 30.0 Å². The highest BCUT2D eigenvalue weighted by atomic mass is 16.5. The zero-order chi connectivity index (χ0) is 27.0. The second-order valence-corrected chi connectivity index (χ2v) is 9.05. The summed E-state index contributed by atoms with van der Waals surface area (Å²) in [6, 6.07) is 35.3. The molecule has 4 aromatic rings. The second-order valence-electron chi connectivity index (χ2n) is 9.05. The van der Waals surface area contributed by atoms with Crippen molar-refractivity contribution in [2.45, 2.75) is 13.3 Å². The average Bonchev–Trinajstić information content (AvgIpc) is 3.27. The van der Waals surface area contributed by atoms with Crippen LogP contribution < -0.4 is 4.90 Å². The Morgan fingerprint density at radius 2 is 1.46 bits per heavy atom. The van der Waals surface area contributed by atoms with Gasteiger partial charge in [-0.2, -0.15) is 4.99 Å². The maximum Gasteiger partial charge on any atom is 0.305 e. The van der Waals surface area contributed by atoms with Crippen molar-refractivity contribution in [1.82, 2.24) is 4.90 Å². The van der Waals surface area contributed by atoms with E-state index < -0.39 is 0 Å². The Bertz CT molecular complexity index is 1500. The number of carbonyl (C=O) groups is 2. The van der Waals surface area contributed by atoms with Crippen LogP contribution in [0.15, 0.2) is 120 Å². The number of ether oxygens (including phenoxy) is 1. The number of nitrogens with zero attached hydrogens (tertiary/aromatic N) is 3. The van der Waals surface area contributed by atoms with Crippen molar-refractivity contribution in [1.29, 1.82) is 0 Å². The van der Waals surface area contributed by atoms with Crippen LogP contribution >= 0.6 is 0 Å². The second kappa shape index (κ2) is 12.0. The van der Waals surface area contributed by atoms with Crippen molar-refractivity contribution < 1.29 is 14.3 Å². The van der Waals surface area contributed by atoms with Gasteiger partial charge in [0.15, 0.2) is 12.0 Å². The lowest BCUT2D eigenvalue weighted by Crippen LogP contribution is -2.31. The minimum Gasteiger partial charge on any atom is -0.419 e. The molecule has 1 aliphatic rings. The molecule has 0 aromatic heterocycles. The highest BCUT2D eigenvalue weighted by molar-refractivity contribution is 6.12. The smallest absolute Gasteiger partial charge is 0.305 e. The molecule has 0 radical (unpaired) electrons. The van der Waals surface area contributed by atoms with E-state index in [1.165, 1.54) is 4.90 Å². The van der Waals surface area contributed by atoms with E-state index in [9.17, 15) is 9.59 Å².